The maximum absolute atomic E-state index is 12.1. The molecule has 7 heteroatoms. The van der Waals surface area contributed by atoms with Gasteiger partial charge in [0, 0.05) is 4.90 Å². The van der Waals surface area contributed by atoms with Gasteiger partial charge in [0.1, 0.15) is 6.10 Å². The Kier molecular flexibility index (Phi) is 5.98. The third-order valence-electron chi connectivity index (χ3n) is 5.77. The molecule has 0 spiro atoms. The van der Waals surface area contributed by atoms with Crippen molar-refractivity contribution in [2.75, 3.05) is 0 Å². The third-order valence-corrected chi connectivity index (χ3v) is 11.5. The summed E-state index contributed by atoms with van der Waals surface area (Å²) in [6.45, 7) is 12.8. The Morgan fingerprint density at radius 1 is 1.14 bits per heavy atom. The van der Waals surface area contributed by atoms with E-state index in [1.54, 1.807) is 0 Å². The van der Waals surface area contributed by atoms with E-state index in [1.165, 1.54) is 0 Å². The summed E-state index contributed by atoms with van der Waals surface area (Å²) in [5.41, 5.74) is 2.02. The lowest BCUT2D eigenvalue weighted by atomic mass is 10.1. The minimum atomic E-state index is -2.18. The van der Waals surface area contributed by atoms with Crippen molar-refractivity contribution in [3.8, 4) is 0 Å². The van der Waals surface area contributed by atoms with Crippen LogP contribution in [0.3, 0.4) is 0 Å². The van der Waals surface area contributed by atoms with Crippen LogP contribution in [0.2, 0.25) is 18.1 Å². The van der Waals surface area contributed by atoms with Crippen LogP contribution in [0.4, 0.5) is 0 Å². The second-order valence-electron chi connectivity index (χ2n) is 9.05. The summed E-state index contributed by atoms with van der Waals surface area (Å²) < 4.78 is 12.5. The molecule has 0 aliphatic carbocycles. The number of aryl methyl sites for hydroxylation is 1. The first-order chi connectivity index (χ1) is 13.5. The maximum atomic E-state index is 12.1. The van der Waals surface area contributed by atoms with Gasteiger partial charge in [-0.05, 0) is 54.5 Å². The lowest BCUT2D eigenvalue weighted by Crippen LogP contribution is -2.43. The van der Waals surface area contributed by atoms with Gasteiger partial charge in [0.15, 0.2) is 8.32 Å². The molecule has 5 nitrogen and oxygen atoms in total. The Bertz CT molecular complexity index is 867. The van der Waals surface area contributed by atoms with Crippen LogP contribution in [-0.4, -0.2) is 24.4 Å². The molecular weight excluding hydrogens is 402 g/mol. The summed E-state index contributed by atoms with van der Waals surface area (Å²) in [4.78, 5) is 12.6. The Balaban J connectivity index is 1.93. The van der Waals surface area contributed by atoms with Crippen LogP contribution in [0.5, 0.6) is 0 Å². The molecule has 3 rings (SSSR count). The van der Waals surface area contributed by atoms with E-state index in [0.717, 1.165) is 27.8 Å². The van der Waals surface area contributed by atoms with Crippen molar-refractivity contribution in [1.29, 1.82) is 0 Å². The number of hydrogen-bond acceptors (Lipinski definition) is 5. The van der Waals surface area contributed by atoms with Gasteiger partial charge >= 0.3 is 5.06 Å². The topological polar surface area (TPSA) is 64.9 Å². The second kappa shape index (κ2) is 7.87. The van der Waals surface area contributed by atoms with E-state index >= 15 is 0 Å². The van der Waals surface area contributed by atoms with E-state index in [4.69, 9.17) is 9.16 Å². The zero-order valence-corrected chi connectivity index (χ0v) is 19.7. The molecular formula is C22H29NO4SSi. The first-order valence-electron chi connectivity index (χ1n) is 9.77. The van der Waals surface area contributed by atoms with Crippen LogP contribution in [0, 0.1) is 17.0 Å². The number of epoxide rings is 1. The summed E-state index contributed by atoms with van der Waals surface area (Å²) in [7, 11) is -2.18. The van der Waals surface area contributed by atoms with Crippen molar-refractivity contribution < 1.29 is 14.1 Å². The number of thioether (sulfide) groups is 1. The highest BCUT2D eigenvalue weighted by Crippen LogP contribution is 2.57. The van der Waals surface area contributed by atoms with Gasteiger partial charge in [-0.15, -0.1) is 0 Å². The molecule has 0 amide bonds. The monoisotopic (exact) mass is 431 g/mol. The molecule has 0 radical (unpaired) electrons. The Labute approximate surface area is 178 Å². The Morgan fingerprint density at radius 3 is 2.24 bits per heavy atom. The highest BCUT2D eigenvalue weighted by atomic mass is 32.2. The van der Waals surface area contributed by atoms with E-state index in [0.29, 0.717) is 0 Å². The summed E-state index contributed by atoms with van der Waals surface area (Å²) >= 11 is 1.15. The number of hydrogen-bond donors (Lipinski definition) is 0. The highest BCUT2D eigenvalue weighted by Gasteiger charge is 2.74. The fraction of sp³-hybridized carbons (Fsp3) is 0.455. The molecule has 1 saturated heterocycles. The number of nitro groups is 1. The molecule has 1 heterocycles. The van der Waals surface area contributed by atoms with Crippen LogP contribution in [0.15, 0.2) is 59.5 Å². The van der Waals surface area contributed by atoms with E-state index in [-0.39, 0.29) is 9.96 Å². The average Bonchev–Trinajstić information content (AvgIpc) is 3.37. The number of rotatable bonds is 7. The maximum Gasteiger partial charge on any atom is 0.408 e. The molecule has 1 aliphatic rings. The molecule has 0 unspecified atom stereocenters. The van der Waals surface area contributed by atoms with Gasteiger partial charge in [0.25, 0.3) is 0 Å². The van der Waals surface area contributed by atoms with Crippen LogP contribution in [0.25, 0.3) is 0 Å². The summed E-state index contributed by atoms with van der Waals surface area (Å²) in [6.07, 6.45) is -1.14. The molecule has 0 bridgehead atoms. The lowest BCUT2D eigenvalue weighted by Gasteiger charge is -2.39. The molecule has 0 saturated carbocycles. The Hall–Kier alpha value is -1.67. The fourth-order valence-electron chi connectivity index (χ4n) is 2.88. The van der Waals surface area contributed by atoms with Gasteiger partial charge in [0.2, 0.25) is 6.10 Å². The number of ether oxygens (including phenoxy) is 1. The minimum Gasteiger partial charge on any atom is -0.407 e. The zero-order valence-electron chi connectivity index (χ0n) is 17.8. The molecule has 3 atom stereocenters. The summed E-state index contributed by atoms with van der Waals surface area (Å²) in [5.74, 6) is 0. The van der Waals surface area contributed by atoms with Crippen molar-refractivity contribution in [2.24, 2.45) is 0 Å². The normalized spacial score (nSPS) is 22.9. The molecule has 1 fully saturated rings. The molecule has 2 aromatic carbocycles. The fourth-order valence-corrected chi connectivity index (χ4v) is 5.21. The minimum absolute atomic E-state index is 0.0176. The Morgan fingerprint density at radius 2 is 1.72 bits per heavy atom. The first kappa shape index (κ1) is 22.0. The predicted molar refractivity (Wildman–Crippen MR) is 119 cm³/mol. The van der Waals surface area contributed by atoms with Crippen molar-refractivity contribution in [3.05, 3.63) is 75.8 Å². The van der Waals surface area contributed by atoms with Crippen molar-refractivity contribution in [3.63, 3.8) is 0 Å². The standard InChI is InChI=1S/C22H29NO4SSi/c1-16-12-14-18(15-13-16)28-22(23(24)25)20(26-22)19(17-10-8-7-9-11-17)27-29(5,6)21(2,3)4/h7-15,19-20H,1-6H3/t19-,20-,22-/m0/s1. The van der Waals surface area contributed by atoms with Crippen LogP contribution >= 0.6 is 11.8 Å². The van der Waals surface area contributed by atoms with Gasteiger partial charge in [-0.25, -0.2) is 0 Å². The number of nitrogens with zero attached hydrogens (tertiary/aromatic N) is 1. The van der Waals surface area contributed by atoms with Gasteiger partial charge < -0.3 is 4.43 Å². The van der Waals surface area contributed by atoms with E-state index in [2.05, 4.69) is 33.9 Å². The van der Waals surface area contributed by atoms with E-state index < -0.39 is 25.6 Å². The smallest absolute Gasteiger partial charge is 0.407 e. The van der Waals surface area contributed by atoms with Gasteiger partial charge in [-0.1, -0.05) is 68.8 Å². The second-order valence-corrected chi connectivity index (χ2v) is 15.1. The molecule has 0 aromatic heterocycles. The molecule has 156 valence electrons. The van der Waals surface area contributed by atoms with Crippen molar-refractivity contribution in [1.82, 2.24) is 0 Å². The third kappa shape index (κ3) is 4.58. The van der Waals surface area contributed by atoms with Gasteiger partial charge in [0.05, 0.1) is 4.92 Å². The molecule has 2 aromatic rings. The lowest BCUT2D eigenvalue weighted by molar-refractivity contribution is -0.532. The SMILES string of the molecule is Cc1ccc(S[C@@]2([N+](=O)[O-])O[C@H]2[C@@H](O[Si](C)(C)C(C)(C)C)c2ccccc2)cc1. The molecule has 1 aliphatic heterocycles. The predicted octanol–water partition coefficient (Wildman–Crippen LogP) is 6.18. The van der Waals surface area contributed by atoms with Gasteiger partial charge in [-0.2, -0.15) is 0 Å². The van der Waals surface area contributed by atoms with Gasteiger partial charge in [-0.3, -0.25) is 14.9 Å². The highest BCUT2D eigenvalue weighted by molar-refractivity contribution is 8.00. The van der Waals surface area contributed by atoms with E-state index in [1.807, 2.05) is 61.5 Å². The summed E-state index contributed by atoms with van der Waals surface area (Å²) in [6, 6.07) is 17.4. The largest absolute Gasteiger partial charge is 0.408 e. The molecule has 0 N–H and O–H groups in total. The summed E-state index contributed by atoms with van der Waals surface area (Å²) in [5, 5.41) is 10.5. The van der Waals surface area contributed by atoms with Crippen LogP contribution in [0.1, 0.15) is 38.0 Å². The first-order valence-corrected chi connectivity index (χ1v) is 13.5. The zero-order chi connectivity index (χ0) is 21.4. The average molecular weight is 432 g/mol. The van der Waals surface area contributed by atoms with Crippen LogP contribution < -0.4 is 0 Å². The van der Waals surface area contributed by atoms with Crippen molar-refractivity contribution in [2.45, 2.75) is 68.0 Å². The quantitative estimate of drug-likeness (QED) is 0.172. The van der Waals surface area contributed by atoms with E-state index in [9.17, 15) is 10.1 Å². The molecule has 29 heavy (non-hydrogen) atoms. The van der Waals surface area contributed by atoms with Crippen molar-refractivity contribution >= 4 is 20.1 Å². The number of benzene rings is 2. The van der Waals surface area contributed by atoms with Crippen LogP contribution in [-0.2, 0) is 9.16 Å².